The molecule has 0 spiro atoms. The molecule has 0 aliphatic heterocycles. The highest BCUT2D eigenvalue weighted by atomic mass is 35.5. The molecule has 0 radical (unpaired) electrons. The standard InChI is InChI=1S/C18H10ClF3N4O2/c19-13-6-2-5-12-15(13)24-17(18(20,21)22)26(16(12)28)25-14(27)8-10-3-1-4-11(7-10)9-23/h1-7H,8H2,(H,25,27). The fourth-order valence-corrected chi connectivity index (χ4v) is 2.79. The average Bonchev–Trinajstić information content (AvgIpc) is 2.63. The van der Waals surface area contributed by atoms with Crippen LogP contribution in [0.3, 0.4) is 0 Å². The normalized spacial score (nSPS) is 11.2. The number of aromatic nitrogens is 2. The van der Waals surface area contributed by atoms with E-state index in [0.717, 1.165) is 0 Å². The summed E-state index contributed by atoms with van der Waals surface area (Å²) in [6.45, 7) is 0. The van der Waals surface area contributed by atoms with Crippen molar-refractivity contribution in [3.8, 4) is 6.07 Å². The van der Waals surface area contributed by atoms with Crippen molar-refractivity contribution in [2.24, 2.45) is 0 Å². The van der Waals surface area contributed by atoms with E-state index in [1.54, 1.807) is 0 Å². The van der Waals surface area contributed by atoms with Gasteiger partial charge in [0, 0.05) is 0 Å². The Hall–Kier alpha value is -3.38. The predicted octanol–water partition coefficient (Wildman–Crippen LogP) is 3.25. The molecular formula is C18H10ClF3N4O2. The first kappa shape index (κ1) is 19.4. The second-order valence-electron chi connectivity index (χ2n) is 5.73. The third-order valence-electron chi connectivity index (χ3n) is 3.76. The average molecular weight is 407 g/mol. The number of benzene rings is 2. The number of carbonyl (C=O) groups is 1. The summed E-state index contributed by atoms with van der Waals surface area (Å²) >= 11 is 5.85. The van der Waals surface area contributed by atoms with Crippen LogP contribution in [0.4, 0.5) is 13.2 Å². The Bertz CT molecular complexity index is 1180. The Kier molecular flexibility index (Phi) is 5.07. The molecule has 0 atom stereocenters. The maximum atomic E-state index is 13.4. The molecule has 10 heteroatoms. The second kappa shape index (κ2) is 7.32. The molecule has 0 aliphatic rings. The maximum absolute atomic E-state index is 13.4. The number of nitrogens with one attached hydrogen (secondary N) is 1. The van der Waals surface area contributed by atoms with Gasteiger partial charge in [-0.2, -0.15) is 23.1 Å². The van der Waals surface area contributed by atoms with Crippen LogP contribution in [-0.2, 0) is 17.4 Å². The highest BCUT2D eigenvalue weighted by Gasteiger charge is 2.38. The van der Waals surface area contributed by atoms with Gasteiger partial charge in [-0.05, 0) is 29.8 Å². The minimum Gasteiger partial charge on any atom is -0.273 e. The van der Waals surface area contributed by atoms with Gasteiger partial charge in [0.2, 0.25) is 11.7 Å². The van der Waals surface area contributed by atoms with Gasteiger partial charge >= 0.3 is 6.18 Å². The third-order valence-corrected chi connectivity index (χ3v) is 4.07. The Morgan fingerprint density at radius 1 is 1.25 bits per heavy atom. The third kappa shape index (κ3) is 3.82. The Balaban J connectivity index is 2.04. The summed E-state index contributed by atoms with van der Waals surface area (Å²) in [5, 5.41) is 8.58. The quantitative estimate of drug-likeness (QED) is 0.723. The highest BCUT2D eigenvalue weighted by molar-refractivity contribution is 6.34. The highest BCUT2D eigenvalue weighted by Crippen LogP contribution is 2.29. The number of carbonyl (C=O) groups excluding carboxylic acids is 1. The van der Waals surface area contributed by atoms with Gasteiger partial charge in [-0.1, -0.05) is 29.8 Å². The Morgan fingerprint density at radius 3 is 2.64 bits per heavy atom. The minimum atomic E-state index is -5.01. The van der Waals surface area contributed by atoms with Crippen molar-refractivity contribution in [3.63, 3.8) is 0 Å². The van der Waals surface area contributed by atoms with E-state index in [-0.39, 0.29) is 27.0 Å². The number of rotatable bonds is 3. The monoisotopic (exact) mass is 406 g/mol. The first-order chi connectivity index (χ1) is 13.2. The molecule has 1 aromatic heterocycles. The molecule has 1 N–H and O–H groups in total. The van der Waals surface area contributed by atoms with Crippen LogP contribution >= 0.6 is 11.6 Å². The van der Waals surface area contributed by atoms with Gasteiger partial charge in [-0.25, -0.2) is 4.98 Å². The number of nitrogens with zero attached hydrogens (tertiary/aromatic N) is 3. The van der Waals surface area contributed by atoms with Gasteiger partial charge in [0.05, 0.1) is 34.0 Å². The van der Waals surface area contributed by atoms with Gasteiger partial charge < -0.3 is 0 Å². The summed E-state index contributed by atoms with van der Waals surface area (Å²) in [6, 6.07) is 11.9. The van der Waals surface area contributed by atoms with E-state index >= 15 is 0 Å². The molecule has 0 fully saturated rings. The lowest BCUT2D eigenvalue weighted by molar-refractivity contribution is -0.147. The molecule has 1 amide bonds. The van der Waals surface area contributed by atoms with Crippen LogP contribution in [0.2, 0.25) is 5.02 Å². The summed E-state index contributed by atoms with van der Waals surface area (Å²) in [7, 11) is 0. The molecule has 3 aromatic rings. The Morgan fingerprint density at radius 2 is 1.96 bits per heavy atom. The molecule has 1 heterocycles. The molecule has 3 rings (SSSR count). The number of para-hydroxylation sites is 1. The fraction of sp³-hybridized carbons (Fsp3) is 0.111. The van der Waals surface area contributed by atoms with Crippen molar-refractivity contribution in [1.29, 1.82) is 5.26 Å². The summed E-state index contributed by atoms with van der Waals surface area (Å²) in [5.41, 5.74) is 1.21. The molecular weight excluding hydrogens is 397 g/mol. The number of alkyl halides is 3. The number of halogens is 4. The van der Waals surface area contributed by atoms with E-state index in [9.17, 15) is 22.8 Å². The summed E-state index contributed by atoms with van der Waals surface area (Å²) < 4.78 is 40.3. The van der Waals surface area contributed by atoms with Crippen LogP contribution in [0.5, 0.6) is 0 Å². The van der Waals surface area contributed by atoms with E-state index in [2.05, 4.69) is 4.98 Å². The van der Waals surface area contributed by atoms with Crippen molar-refractivity contribution in [1.82, 2.24) is 9.66 Å². The van der Waals surface area contributed by atoms with Crippen LogP contribution in [-0.4, -0.2) is 15.6 Å². The molecule has 0 aliphatic carbocycles. The number of amides is 1. The van der Waals surface area contributed by atoms with E-state index in [4.69, 9.17) is 16.9 Å². The first-order valence-corrected chi connectivity index (χ1v) is 8.16. The van der Waals surface area contributed by atoms with Gasteiger partial charge in [0.1, 0.15) is 0 Å². The zero-order valence-electron chi connectivity index (χ0n) is 13.9. The summed E-state index contributed by atoms with van der Waals surface area (Å²) in [6.07, 6.45) is -5.35. The SMILES string of the molecule is N#Cc1cccc(CC(=O)Nn2c(C(F)(F)F)nc3c(Cl)cccc3c2=O)c1. The maximum Gasteiger partial charge on any atom is 0.451 e. The fourth-order valence-electron chi connectivity index (χ4n) is 2.57. The topological polar surface area (TPSA) is 87.8 Å². The molecule has 142 valence electrons. The zero-order chi connectivity index (χ0) is 20.5. The Labute approximate surface area is 160 Å². The van der Waals surface area contributed by atoms with Gasteiger partial charge in [-0.15, -0.1) is 0 Å². The number of nitriles is 1. The lowest BCUT2D eigenvalue weighted by atomic mass is 10.1. The first-order valence-electron chi connectivity index (χ1n) is 7.78. The molecule has 28 heavy (non-hydrogen) atoms. The van der Waals surface area contributed by atoms with E-state index in [1.165, 1.54) is 42.5 Å². The van der Waals surface area contributed by atoms with E-state index in [0.29, 0.717) is 11.1 Å². The van der Waals surface area contributed by atoms with Gasteiger partial charge in [0.15, 0.2) is 0 Å². The molecule has 0 saturated carbocycles. The summed E-state index contributed by atoms with van der Waals surface area (Å²) in [5.74, 6) is -2.48. The lowest BCUT2D eigenvalue weighted by Crippen LogP contribution is -2.39. The largest absolute Gasteiger partial charge is 0.451 e. The second-order valence-corrected chi connectivity index (χ2v) is 6.14. The minimum absolute atomic E-state index is 0.0646. The van der Waals surface area contributed by atoms with Crippen molar-refractivity contribution in [2.75, 3.05) is 5.43 Å². The summed E-state index contributed by atoms with van der Waals surface area (Å²) in [4.78, 5) is 28.2. The predicted molar refractivity (Wildman–Crippen MR) is 95.2 cm³/mol. The van der Waals surface area contributed by atoms with Crippen molar-refractivity contribution in [3.05, 3.63) is 74.8 Å². The van der Waals surface area contributed by atoms with Crippen LogP contribution in [0.1, 0.15) is 17.0 Å². The zero-order valence-corrected chi connectivity index (χ0v) is 14.7. The van der Waals surface area contributed by atoms with Crippen molar-refractivity contribution in [2.45, 2.75) is 12.6 Å². The van der Waals surface area contributed by atoms with Crippen LogP contribution in [0.15, 0.2) is 47.3 Å². The van der Waals surface area contributed by atoms with Crippen molar-refractivity contribution >= 4 is 28.4 Å². The van der Waals surface area contributed by atoms with Gasteiger partial charge in [0.25, 0.3) is 5.56 Å². The van der Waals surface area contributed by atoms with Crippen LogP contribution in [0.25, 0.3) is 10.9 Å². The molecule has 0 bridgehead atoms. The molecule has 0 unspecified atom stereocenters. The molecule has 6 nitrogen and oxygen atoms in total. The van der Waals surface area contributed by atoms with Crippen molar-refractivity contribution < 1.29 is 18.0 Å². The van der Waals surface area contributed by atoms with Gasteiger partial charge in [-0.3, -0.25) is 15.0 Å². The number of fused-ring (bicyclic) bond motifs is 1. The van der Waals surface area contributed by atoms with Crippen LogP contribution < -0.4 is 11.0 Å². The smallest absolute Gasteiger partial charge is 0.273 e. The lowest BCUT2D eigenvalue weighted by Gasteiger charge is -2.16. The van der Waals surface area contributed by atoms with Crippen LogP contribution in [0, 0.1) is 11.3 Å². The molecule has 2 aromatic carbocycles. The van der Waals surface area contributed by atoms with E-state index in [1.807, 2.05) is 11.5 Å². The number of hydrogen-bond acceptors (Lipinski definition) is 4. The number of hydrogen-bond donors (Lipinski definition) is 1. The molecule has 0 saturated heterocycles. The van der Waals surface area contributed by atoms with E-state index < -0.39 is 23.5 Å².